The summed E-state index contributed by atoms with van der Waals surface area (Å²) in [5.74, 6) is -5.47. The van der Waals surface area contributed by atoms with E-state index in [0.29, 0.717) is 0 Å². The van der Waals surface area contributed by atoms with Gasteiger partial charge in [0.1, 0.15) is 11.5 Å². The zero-order valence-electron chi connectivity index (χ0n) is 13.0. The molecule has 0 fully saturated rings. The first kappa shape index (κ1) is 21.1. The molecule has 122 valence electrons. The van der Waals surface area contributed by atoms with E-state index in [1.54, 1.807) is 0 Å². The van der Waals surface area contributed by atoms with Gasteiger partial charge in [0, 0.05) is 5.56 Å². The van der Waals surface area contributed by atoms with Crippen LogP contribution in [0.25, 0.3) is 10.8 Å². The molecular weight excluding hydrogens is 450 g/mol. The van der Waals surface area contributed by atoms with Crippen LogP contribution in [0, 0.1) is 0 Å². The Morgan fingerprint density at radius 2 is 1.16 bits per heavy atom. The largest absolute Gasteiger partial charge is 2.00 e. The quantitative estimate of drug-likeness (QED) is 0.529. The predicted molar refractivity (Wildman–Crippen MR) is 88.1 cm³/mol. The fourth-order valence-corrected chi connectivity index (χ4v) is 2.08. The van der Waals surface area contributed by atoms with Crippen molar-refractivity contribution in [3.05, 3.63) is 71.8 Å². The number of benzene rings is 3. The molecule has 3 aromatic carbocycles. The third-order valence-corrected chi connectivity index (χ3v) is 3.24. The zero-order chi connectivity index (χ0) is 17.7. The van der Waals surface area contributed by atoms with Crippen molar-refractivity contribution in [1.29, 1.82) is 0 Å². The number of rotatable bonds is 2. The van der Waals surface area contributed by atoms with Crippen molar-refractivity contribution in [3.63, 3.8) is 0 Å². The van der Waals surface area contributed by atoms with Gasteiger partial charge in [0.15, 0.2) is 0 Å². The van der Waals surface area contributed by atoms with Gasteiger partial charge in [-0.1, -0.05) is 48.5 Å². The molecule has 0 saturated carbocycles. The molecule has 0 heterocycles. The van der Waals surface area contributed by atoms with Crippen molar-refractivity contribution in [2.75, 3.05) is 0 Å². The first-order valence-corrected chi connectivity index (χ1v) is 6.83. The van der Waals surface area contributed by atoms with E-state index >= 15 is 0 Å². The van der Waals surface area contributed by atoms with Gasteiger partial charge in [0.2, 0.25) is 0 Å². The maximum atomic E-state index is 10.4. The van der Waals surface area contributed by atoms with E-state index in [9.17, 15) is 19.8 Å². The first-order valence-electron chi connectivity index (χ1n) is 6.83. The standard InChI is InChI=1S/C10H8.C8H6O6.Ba/c1-2-6-10-8-4-3-7-9(10)5-1;9-4-2-1-3(7(11)12)6(10)5(4)8(13)14;/h1-8H;1-2,9-10H,(H,11,12)(H,13,14);/q;;+2/p-2. The van der Waals surface area contributed by atoms with Gasteiger partial charge in [0.25, 0.3) is 0 Å². The van der Waals surface area contributed by atoms with Crippen LogP contribution in [0.3, 0.4) is 0 Å². The summed E-state index contributed by atoms with van der Waals surface area (Å²) in [6, 6.07) is 18.4. The van der Waals surface area contributed by atoms with Crippen LogP contribution < -0.4 is 10.2 Å². The van der Waals surface area contributed by atoms with Crippen molar-refractivity contribution in [2.45, 2.75) is 0 Å². The topological polar surface area (TPSA) is 121 Å². The third-order valence-electron chi connectivity index (χ3n) is 3.24. The number of fused-ring (bicyclic) bond motifs is 1. The molecule has 0 radical (unpaired) electrons. The van der Waals surface area contributed by atoms with E-state index in [4.69, 9.17) is 10.2 Å². The van der Waals surface area contributed by atoms with Gasteiger partial charge < -0.3 is 30.0 Å². The van der Waals surface area contributed by atoms with Gasteiger partial charge in [-0.2, -0.15) is 0 Å². The van der Waals surface area contributed by atoms with Crippen LogP contribution in [0.5, 0.6) is 11.5 Å². The van der Waals surface area contributed by atoms with Crippen molar-refractivity contribution in [2.24, 2.45) is 0 Å². The number of carbonyl (C=O) groups is 2. The number of hydrogen-bond acceptors (Lipinski definition) is 6. The first-order chi connectivity index (χ1) is 11.4. The summed E-state index contributed by atoms with van der Waals surface area (Å²) < 4.78 is 0. The molecule has 7 heteroatoms. The summed E-state index contributed by atoms with van der Waals surface area (Å²) in [4.78, 5) is 20.7. The van der Waals surface area contributed by atoms with E-state index < -0.39 is 34.6 Å². The SMILES string of the molecule is O=C([O-])c1ccc(O)c(C(=O)[O-])c1O.[Ba+2].c1ccc2ccccc2c1. The monoisotopic (exact) mass is 462 g/mol. The fourth-order valence-electron chi connectivity index (χ4n) is 2.08. The molecule has 0 spiro atoms. The molecule has 0 aliphatic heterocycles. The molecule has 0 saturated heterocycles. The van der Waals surface area contributed by atoms with Gasteiger partial charge in [-0.25, -0.2) is 0 Å². The Bertz CT molecular complexity index is 842. The summed E-state index contributed by atoms with van der Waals surface area (Å²) >= 11 is 0. The molecule has 3 aromatic rings. The molecule has 2 N–H and O–H groups in total. The van der Waals surface area contributed by atoms with Crippen LogP contribution in [0.4, 0.5) is 0 Å². The molecular formula is C18H12BaO6. The summed E-state index contributed by atoms with van der Waals surface area (Å²) in [5.41, 5.74) is -1.69. The predicted octanol–water partition coefficient (Wildman–Crippen LogP) is 0.284. The zero-order valence-corrected chi connectivity index (χ0v) is 17.4. The second-order valence-corrected chi connectivity index (χ2v) is 4.78. The Morgan fingerprint density at radius 3 is 1.52 bits per heavy atom. The van der Waals surface area contributed by atoms with Crippen LogP contribution in [-0.2, 0) is 0 Å². The molecule has 0 bridgehead atoms. The minimum atomic E-state index is -1.87. The van der Waals surface area contributed by atoms with Crippen molar-refractivity contribution >= 4 is 71.6 Å². The second-order valence-electron chi connectivity index (χ2n) is 4.78. The van der Waals surface area contributed by atoms with E-state index in [1.165, 1.54) is 10.8 Å². The van der Waals surface area contributed by atoms with Crippen molar-refractivity contribution < 1.29 is 30.0 Å². The van der Waals surface area contributed by atoms with E-state index in [0.717, 1.165) is 12.1 Å². The third kappa shape index (κ3) is 5.25. The Balaban J connectivity index is 0.000000251. The Morgan fingerprint density at radius 1 is 0.720 bits per heavy atom. The van der Waals surface area contributed by atoms with Crippen LogP contribution in [0.1, 0.15) is 20.7 Å². The molecule has 3 rings (SSSR count). The Hall–Kier alpha value is -1.97. The number of phenols is 2. The number of carboxylic acid groups (broad SMARTS) is 2. The molecule has 0 aromatic heterocycles. The Kier molecular flexibility index (Phi) is 8.01. The summed E-state index contributed by atoms with van der Waals surface area (Å²) in [5, 5.41) is 41.4. The smallest absolute Gasteiger partial charge is 0.545 e. The average Bonchev–Trinajstić information content (AvgIpc) is 2.55. The maximum absolute atomic E-state index is 10.4. The molecule has 0 aliphatic rings. The van der Waals surface area contributed by atoms with Gasteiger partial charge >= 0.3 is 48.9 Å². The van der Waals surface area contributed by atoms with Crippen LogP contribution in [-0.4, -0.2) is 71.0 Å². The normalized spacial score (nSPS) is 9.44. The van der Waals surface area contributed by atoms with Gasteiger partial charge in [0.05, 0.1) is 17.5 Å². The minimum Gasteiger partial charge on any atom is -0.545 e. The van der Waals surface area contributed by atoms with E-state index in [1.807, 2.05) is 0 Å². The van der Waals surface area contributed by atoms with E-state index in [2.05, 4.69) is 48.5 Å². The van der Waals surface area contributed by atoms with Gasteiger partial charge in [-0.05, 0) is 22.9 Å². The van der Waals surface area contributed by atoms with Crippen molar-refractivity contribution in [1.82, 2.24) is 0 Å². The average molecular weight is 462 g/mol. The van der Waals surface area contributed by atoms with Crippen LogP contribution in [0.2, 0.25) is 0 Å². The Labute approximate surface area is 183 Å². The summed E-state index contributed by atoms with van der Waals surface area (Å²) in [6.07, 6.45) is 0. The van der Waals surface area contributed by atoms with Gasteiger partial charge in [-0.15, -0.1) is 0 Å². The molecule has 0 aliphatic carbocycles. The van der Waals surface area contributed by atoms with E-state index in [-0.39, 0.29) is 48.9 Å². The van der Waals surface area contributed by atoms with Crippen LogP contribution in [0.15, 0.2) is 60.7 Å². The second kappa shape index (κ2) is 9.50. The molecule has 0 unspecified atom stereocenters. The molecule has 0 amide bonds. The number of carboxylic acids is 2. The number of aromatic hydroxyl groups is 2. The molecule has 25 heavy (non-hydrogen) atoms. The molecule has 6 nitrogen and oxygen atoms in total. The minimum absolute atomic E-state index is 0. The maximum Gasteiger partial charge on any atom is 2.00 e. The van der Waals surface area contributed by atoms with Crippen LogP contribution >= 0.6 is 0 Å². The van der Waals surface area contributed by atoms with Crippen molar-refractivity contribution in [3.8, 4) is 11.5 Å². The fraction of sp³-hybridized carbons (Fsp3) is 0. The number of hydrogen-bond donors (Lipinski definition) is 2. The number of aromatic carboxylic acids is 2. The summed E-state index contributed by atoms with van der Waals surface area (Å²) in [6.45, 7) is 0. The summed E-state index contributed by atoms with van der Waals surface area (Å²) in [7, 11) is 0. The number of carbonyl (C=O) groups excluding carboxylic acids is 2. The van der Waals surface area contributed by atoms with Gasteiger partial charge in [-0.3, -0.25) is 0 Å². The molecule has 0 atom stereocenters.